The van der Waals surface area contributed by atoms with Crippen molar-refractivity contribution in [3.05, 3.63) is 28.8 Å². The summed E-state index contributed by atoms with van der Waals surface area (Å²) in [6.45, 7) is -0.822. The van der Waals surface area contributed by atoms with E-state index in [0.29, 0.717) is 5.02 Å². The molecular formula is C11H12ClN3O4. The second-order valence-corrected chi connectivity index (χ2v) is 4.00. The zero-order valence-corrected chi connectivity index (χ0v) is 10.5. The normalized spacial score (nSPS) is 9.74. The lowest BCUT2D eigenvalue weighted by molar-refractivity contribution is -0.137. The predicted octanol–water partition coefficient (Wildman–Crippen LogP) is -0.147. The van der Waals surface area contributed by atoms with Gasteiger partial charge in [-0.15, -0.1) is 0 Å². The fraction of sp³-hybridized carbons (Fsp3) is 0.182. The summed E-state index contributed by atoms with van der Waals surface area (Å²) < 4.78 is 0. The number of amides is 2. The van der Waals surface area contributed by atoms with Crippen molar-refractivity contribution in [2.75, 3.05) is 18.8 Å². The molecule has 0 aliphatic carbocycles. The molecule has 1 rings (SSSR count). The standard InChI is InChI=1S/C11H12ClN3O4/c12-7-2-1-6(3-8(7)13)11(19)15-4-9(16)14-5-10(17)18/h1-3H,4-5,13H2,(H,14,16)(H,15,19)(H,17,18). The molecule has 0 heterocycles. The Morgan fingerprint density at radius 1 is 1.21 bits per heavy atom. The van der Waals surface area contributed by atoms with E-state index < -0.39 is 24.3 Å². The van der Waals surface area contributed by atoms with Crippen LogP contribution in [0.1, 0.15) is 10.4 Å². The smallest absolute Gasteiger partial charge is 0.322 e. The first-order chi connectivity index (χ1) is 8.90. The number of carboxylic acid groups (broad SMARTS) is 1. The van der Waals surface area contributed by atoms with Crippen molar-refractivity contribution < 1.29 is 19.5 Å². The third-order valence-electron chi connectivity index (χ3n) is 2.10. The van der Waals surface area contributed by atoms with Crippen molar-refractivity contribution in [1.82, 2.24) is 10.6 Å². The first-order valence-corrected chi connectivity index (χ1v) is 5.59. The summed E-state index contributed by atoms with van der Waals surface area (Å²) in [6.07, 6.45) is 0. The number of carbonyl (C=O) groups is 3. The number of rotatable bonds is 5. The van der Waals surface area contributed by atoms with Crippen LogP contribution in [0.25, 0.3) is 0 Å². The molecule has 0 atom stereocenters. The molecule has 0 unspecified atom stereocenters. The van der Waals surface area contributed by atoms with Crippen LogP contribution in [-0.2, 0) is 9.59 Å². The minimum atomic E-state index is -1.16. The second kappa shape index (κ2) is 6.60. The molecule has 0 aliphatic heterocycles. The highest BCUT2D eigenvalue weighted by Gasteiger charge is 2.10. The average molecular weight is 286 g/mol. The first kappa shape index (κ1) is 14.8. The Morgan fingerprint density at radius 2 is 1.89 bits per heavy atom. The quantitative estimate of drug-likeness (QED) is 0.561. The van der Waals surface area contributed by atoms with Crippen molar-refractivity contribution in [2.45, 2.75) is 0 Å². The van der Waals surface area contributed by atoms with Crippen molar-refractivity contribution in [3.63, 3.8) is 0 Å². The van der Waals surface area contributed by atoms with Crippen molar-refractivity contribution in [2.24, 2.45) is 0 Å². The van der Waals surface area contributed by atoms with Crippen molar-refractivity contribution >= 4 is 35.1 Å². The Balaban J connectivity index is 2.49. The summed E-state index contributed by atoms with van der Waals surface area (Å²) in [7, 11) is 0. The van der Waals surface area contributed by atoms with Crippen LogP contribution in [0.5, 0.6) is 0 Å². The minimum absolute atomic E-state index is 0.254. The first-order valence-electron chi connectivity index (χ1n) is 5.22. The highest BCUT2D eigenvalue weighted by molar-refractivity contribution is 6.33. The highest BCUT2D eigenvalue weighted by Crippen LogP contribution is 2.19. The third-order valence-corrected chi connectivity index (χ3v) is 2.45. The molecular weight excluding hydrogens is 274 g/mol. The Bertz CT molecular complexity index is 519. The summed E-state index contributed by atoms with van der Waals surface area (Å²) in [4.78, 5) is 33.0. The van der Waals surface area contributed by atoms with Gasteiger partial charge in [-0.1, -0.05) is 11.6 Å². The van der Waals surface area contributed by atoms with Gasteiger partial charge in [0.25, 0.3) is 5.91 Å². The number of aliphatic carboxylic acids is 1. The summed E-state index contributed by atoms with van der Waals surface area (Å²) >= 11 is 5.71. The molecule has 0 spiro atoms. The van der Waals surface area contributed by atoms with Gasteiger partial charge >= 0.3 is 5.97 Å². The van der Waals surface area contributed by atoms with Gasteiger partial charge in [-0.25, -0.2) is 0 Å². The molecule has 1 aromatic carbocycles. The number of carboxylic acids is 1. The average Bonchev–Trinajstić information content (AvgIpc) is 2.36. The van der Waals surface area contributed by atoms with Gasteiger partial charge in [0.2, 0.25) is 5.91 Å². The van der Waals surface area contributed by atoms with E-state index in [-0.39, 0.29) is 17.8 Å². The number of nitrogens with two attached hydrogens (primary N) is 1. The van der Waals surface area contributed by atoms with Crippen LogP contribution in [0.4, 0.5) is 5.69 Å². The van der Waals surface area contributed by atoms with Crippen molar-refractivity contribution in [1.29, 1.82) is 0 Å². The van der Waals surface area contributed by atoms with Gasteiger partial charge in [-0.2, -0.15) is 0 Å². The Labute approximate surface area is 113 Å². The van der Waals surface area contributed by atoms with Gasteiger partial charge in [-0.3, -0.25) is 14.4 Å². The van der Waals surface area contributed by atoms with E-state index in [0.717, 1.165) is 0 Å². The summed E-state index contributed by atoms with van der Waals surface area (Å²) in [6, 6.07) is 4.31. The van der Waals surface area contributed by atoms with Crippen LogP contribution in [-0.4, -0.2) is 36.0 Å². The lowest BCUT2D eigenvalue weighted by atomic mass is 10.2. The topological polar surface area (TPSA) is 122 Å². The second-order valence-electron chi connectivity index (χ2n) is 3.59. The Kier molecular flexibility index (Phi) is 5.13. The maximum absolute atomic E-state index is 11.6. The molecule has 19 heavy (non-hydrogen) atoms. The van der Waals surface area contributed by atoms with Crippen LogP contribution >= 0.6 is 11.6 Å². The van der Waals surface area contributed by atoms with E-state index in [1.165, 1.54) is 18.2 Å². The summed E-state index contributed by atoms with van der Waals surface area (Å²) in [5.74, 6) is -2.27. The Morgan fingerprint density at radius 3 is 2.47 bits per heavy atom. The fourth-order valence-corrected chi connectivity index (χ4v) is 1.30. The van der Waals surface area contributed by atoms with E-state index in [2.05, 4.69) is 10.6 Å². The molecule has 5 N–H and O–H groups in total. The van der Waals surface area contributed by atoms with Gasteiger partial charge in [0, 0.05) is 5.56 Å². The fourth-order valence-electron chi connectivity index (χ4n) is 1.18. The highest BCUT2D eigenvalue weighted by atomic mass is 35.5. The monoisotopic (exact) mass is 285 g/mol. The summed E-state index contributed by atoms with van der Waals surface area (Å²) in [5, 5.41) is 13.1. The SMILES string of the molecule is Nc1cc(C(=O)NCC(=O)NCC(=O)O)ccc1Cl. The zero-order valence-electron chi connectivity index (χ0n) is 9.77. The van der Waals surface area contributed by atoms with E-state index >= 15 is 0 Å². The van der Waals surface area contributed by atoms with E-state index in [4.69, 9.17) is 22.4 Å². The molecule has 1 aromatic rings. The van der Waals surface area contributed by atoms with Crippen LogP contribution in [0.2, 0.25) is 5.02 Å². The number of nitrogen functional groups attached to an aromatic ring is 1. The zero-order chi connectivity index (χ0) is 14.4. The van der Waals surface area contributed by atoms with E-state index in [1.54, 1.807) is 0 Å². The van der Waals surface area contributed by atoms with Crippen LogP contribution in [0.15, 0.2) is 18.2 Å². The lowest BCUT2D eigenvalue weighted by Gasteiger charge is -2.06. The maximum atomic E-state index is 11.6. The number of benzene rings is 1. The minimum Gasteiger partial charge on any atom is -0.480 e. The number of anilines is 1. The number of hydrogen-bond acceptors (Lipinski definition) is 4. The van der Waals surface area contributed by atoms with E-state index in [9.17, 15) is 14.4 Å². The number of nitrogens with one attached hydrogen (secondary N) is 2. The summed E-state index contributed by atoms with van der Waals surface area (Å²) in [5.41, 5.74) is 6.05. The number of halogens is 1. The number of hydrogen-bond donors (Lipinski definition) is 4. The van der Waals surface area contributed by atoms with Gasteiger partial charge < -0.3 is 21.5 Å². The molecule has 0 fully saturated rings. The molecule has 0 bridgehead atoms. The molecule has 2 amide bonds. The van der Waals surface area contributed by atoms with Gasteiger partial charge in [0.15, 0.2) is 0 Å². The van der Waals surface area contributed by atoms with Crippen molar-refractivity contribution in [3.8, 4) is 0 Å². The van der Waals surface area contributed by atoms with Crippen LogP contribution < -0.4 is 16.4 Å². The van der Waals surface area contributed by atoms with Gasteiger partial charge in [-0.05, 0) is 18.2 Å². The predicted molar refractivity (Wildman–Crippen MR) is 68.8 cm³/mol. The third kappa shape index (κ3) is 4.84. The van der Waals surface area contributed by atoms with E-state index in [1.807, 2.05) is 0 Å². The molecule has 0 radical (unpaired) electrons. The van der Waals surface area contributed by atoms with Crippen LogP contribution in [0.3, 0.4) is 0 Å². The molecule has 102 valence electrons. The molecule has 8 heteroatoms. The Hall–Kier alpha value is -2.28. The number of carbonyl (C=O) groups excluding carboxylic acids is 2. The molecule has 0 saturated carbocycles. The van der Waals surface area contributed by atoms with Gasteiger partial charge in [0.1, 0.15) is 6.54 Å². The largest absolute Gasteiger partial charge is 0.480 e. The van der Waals surface area contributed by atoms with Crippen LogP contribution in [0, 0.1) is 0 Å². The maximum Gasteiger partial charge on any atom is 0.322 e. The molecule has 0 saturated heterocycles. The molecule has 0 aromatic heterocycles. The molecule has 0 aliphatic rings. The molecule has 7 nitrogen and oxygen atoms in total. The van der Waals surface area contributed by atoms with Gasteiger partial charge in [0.05, 0.1) is 17.3 Å². The lowest BCUT2D eigenvalue weighted by Crippen LogP contribution is -2.39.